The fourth-order valence-corrected chi connectivity index (χ4v) is 4.03. The van der Waals surface area contributed by atoms with E-state index in [1.807, 2.05) is 37.3 Å². The maximum absolute atomic E-state index is 10.4. The Balaban J connectivity index is 2.41. The van der Waals surface area contributed by atoms with Gasteiger partial charge in [0, 0.05) is 6.10 Å². The minimum atomic E-state index is -1.80. The molecule has 1 aromatic rings. The van der Waals surface area contributed by atoms with Crippen molar-refractivity contribution in [3.05, 3.63) is 48.0 Å². The molecule has 1 N–H and O–H groups in total. The van der Waals surface area contributed by atoms with E-state index in [0.717, 1.165) is 11.1 Å². The lowest BCUT2D eigenvalue weighted by Crippen LogP contribution is -2.44. The minimum Gasteiger partial charge on any atom is -0.414 e. The third-order valence-electron chi connectivity index (χ3n) is 5.32. The minimum absolute atomic E-state index is 0.0410. The molecule has 4 heteroatoms. The lowest BCUT2D eigenvalue weighted by molar-refractivity contribution is 0.0596. The first-order valence-corrected chi connectivity index (χ1v) is 12.5. The first-order valence-electron chi connectivity index (χ1n) is 9.61. The molecule has 0 bridgehead atoms. The molecule has 26 heavy (non-hydrogen) atoms. The first-order chi connectivity index (χ1) is 11.9. The maximum atomic E-state index is 10.4. The average molecular weight is 379 g/mol. The molecule has 3 atom stereocenters. The molecule has 0 amide bonds. The van der Waals surface area contributed by atoms with Crippen molar-refractivity contribution in [1.82, 2.24) is 0 Å². The molecular formula is C22H38O3Si. The molecule has 0 saturated heterocycles. The van der Waals surface area contributed by atoms with Crippen LogP contribution in [0.25, 0.3) is 0 Å². The molecule has 0 spiro atoms. The van der Waals surface area contributed by atoms with E-state index in [2.05, 4.69) is 47.4 Å². The third-order valence-corrected chi connectivity index (χ3v) is 9.93. The van der Waals surface area contributed by atoms with Gasteiger partial charge in [-0.25, -0.2) is 0 Å². The molecule has 0 heterocycles. The van der Waals surface area contributed by atoms with Gasteiger partial charge in [0.15, 0.2) is 8.32 Å². The molecule has 0 radical (unpaired) electrons. The Morgan fingerprint density at radius 1 is 1.15 bits per heavy atom. The summed E-state index contributed by atoms with van der Waals surface area (Å²) in [6.45, 7) is 19.9. The van der Waals surface area contributed by atoms with Gasteiger partial charge in [0.05, 0.1) is 18.8 Å². The predicted molar refractivity (Wildman–Crippen MR) is 113 cm³/mol. The van der Waals surface area contributed by atoms with Gasteiger partial charge in [0.2, 0.25) is 0 Å². The second-order valence-electron chi connectivity index (χ2n) is 8.88. The second-order valence-corrected chi connectivity index (χ2v) is 13.6. The van der Waals surface area contributed by atoms with Crippen LogP contribution in [0.4, 0.5) is 0 Å². The van der Waals surface area contributed by atoms with Gasteiger partial charge in [-0.1, -0.05) is 57.7 Å². The van der Waals surface area contributed by atoms with Gasteiger partial charge in [0.1, 0.15) is 0 Å². The Kier molecular flexibility index (Phi) is 8.74. The maximum Gasteiger partial charge on any atom is 0.192 e. The highest BCUT2D eigenvalue weighted by molar-refractivity contribution is 6.74. The summed E-state index contributed by atoms with van der Waals surface area (Å²) in [5, 5.41) is 10.6. The van der Waals surface area contributed by atoms with Gasteiger partial charge in [0.25, 0.3) is 0 Å². The number of rotatable bonds is 10. The number of ether oxygens (including phenoxy) is 1. The average Bonchev–Trinajstić information content (AvgIpc) is 2.51. The van der Waals surface area contributed by atoms with Crippen LogP contribution in [0.3, 0.4) is 0 Å². The Bertz CT molecular complexity index is 548. The molecule has 3 nitrogen and oxygen atoms in total. The number of hydrogen-bond donors (Lipinski definition) is 1. The van der Waals surface area contributed by atoms with E-state index in [-0.39, 0.29) is 17.2 Å². The van der Waals surface area contributed by atoms with Gasteiger partial charge in [-0.15, -0.1) is 0 Å². The van der Waals surface area contributed by atoms with Gasteiger partial charge in [-0.3, -0.25) is 0 Å². The third kappa shape index (κ3) is 7.75. The highest BCUT2D eigenvalue weighted by Gasteiger charge is 2.38. The molecule has 0 fully saturated rings. The number of hydrogen-bond acceptors (Lipinski definition) is 3. The van der Waals surface area contributed by atoms with Crippen LogP contribution in [0.2, 0.25) is 18.1 Å². The van der Waals surface area contributed by atoms with E-state index in [9.17, 15) is 5.11 Å². The zero-order valence-corrected chi connectivity index (χ0v) is 18.7. The SMILES string of the molecule is C=C(C[C@@H](O)C[C@H](C)O[Si](C)(C)C(C)(C)C)[C@H](C)OCc1ccccc1. The van der Waals surface area contributed by atoms with E-state index in [4.69, 9.17) is 9.16 Å². The lowest BCUT2D eigenvalue weighted by atomic mass is 10.0. The predicted octanol–water partition coefficient (Wildman–Crippen LogP) is 5.70. The van der Waals surface area contributed by atoms with Crippen LogP contribution in [-0.2, 0) is 15.8 Å². The van der Waals surface area contributed by atoms with Crippen molar-refractivity contribution < 1.29 is 14.3 Å². The number of aliphatic hydroxyl groups excluding tert-OH is 1. The molecule has 0 unspecified atom stereocenters. The number of aliphatic hydroxyl groups is 1. The molecular weight excluding hydrogens is 340 g/mol. The number of benzene rings is 1. The summed E-state index contributed by atoms with van der Waals surface area (Å²) < 4.78 is 12.2. The fourth-order valence-electron chi connectivity index (χ4n) is 2.58. The molecule has 0 aliphatic carbocycles. The first kappa shape index (κ1) is 23.1. The largest absolute Gasteiger partial charge is 0.414 e. The summed E-state index contributed by atoms with van der Waals surface area (Å²) in [6.07, 6.45) is 0.670. The van der Waals surface area contributed by atoms with Crippen molar-refractivity contribution in [3.8, 4) is 0 Å². The van der Waals surface area contributed by atoms with E-state index >= 15 is 0 Å². The second kappa shape index (κ2) is 9.84. The highest BCUT2D eigenvalue weighted by atomic mass is 28.4. The van der Waals surface area contributed by atoms with Gasteiger partial charge in [-0.2, -0.15) is 0 Å². The smallest absolute Gasteiger partial charge is 0.192 e. The molecule has 148 valence electrons. The van der Waals surface area contributed by atoms with Crippen molar-refractivity contribution in [3.63, 3.8) is 0 Å². The van der Waals surface area contributed by atoms with Crippen molar-refractivity contribution in [2.75, 3.05) is 0 Å². The van der Waals surface area contributed by atoms with Crippen LogP contribution in [0, 0.1) is 0 Å². The summed E-state index contributed by atoms with van der Waals surface area (Å²) in [7, 11) is -1.80. The molecule has 1 aromatic carbocycles. The summed E-state index contributed by atoms with van der Waals surface area (Å²) >= 11 is 0. The van der Waals surface area contributed by atoms with Gasteiger partial charge in [-0.05, 0) is 56.0 Å². The normalized spacial score (nSPS) is 16.2. The van der Waals surface area contributed by atoms with E-state index in [1.54, 1.807) is 0 Å². The molecule has 1 rings (SSSR count). The van der Waals surface area contributed by atoms with Crippen LogP contribution in [0.1, 0.15) is 53.0 Å². The van der Waals surface area contributed by atoms with E-state index < -0.39 is 14.4 Å². The molecule has 0 aliphatic heterocycles. The van der Waals surface area contributed by atoms with Crippen LogP contribution in [0.15, 0.2) is 42.5 Å². The van der Waals surface area contributed by atoms with Crippen LogP contribution < -0.4 is 0 Å². The van der Waals surface area contributed by atoms with Crippen molar-refractivity contribution in [2.24, 2.45) is 0 Å². The fraction of sp³-hybridized carbons (Fsp3) is 0.636. The van der Waals surface area contributed by atoms with Gasteiger partial charge < -0.3 is 14.3 Å². The summed E-state index contributed by atoms with van der Waals surface area (Å²) in [6, 6.07) is 10.1. The monoisotopic (exact) mass is 378 g/mol. The van der Waals surface area contributed by atoms with Crippen molar-refractivity contribution in [1.29, 1.82) is 0 Å². The Morgan fingerprint density at radius 2 is 1.73 bits per heavy atom. The summed E-state index contributed by atoms with van der Waals surface area (Å²) in [5.74, 6) is 0. The Hall–Kier alpha value is -0.943. The van der Waals surface area contributed by atoms with Crippen LogP contribution in [-0.4, -0.2) is 31.7 Å². The molecule has 0 aromatic heterocycles. The molecule has 0 aliphatic rings. The summed E-state index contributed by atoms with van der Waals surface area (Å²) in [4.78, 5) is 0. The van der Waals surface area contributed by atoms with E-state index in [0.29, 0.717) is 19.4 Å². The van der Waals surface area contributed by atoms with Crippen molar-refractivity contribution >= 4 is 8.32 Å². The Morgan fingerprint density at radius 3 is 2.27 bits per heavy atom. The Labute approximate surface area is 161 Å². The standard InChI is InChI=1S/C22H38O3Si/c1-17(19(3)24-16-20-12-10-9-11-13-20)14-21(23)15-18(2)25-26(7,8)22(4,5)6/h9-13,18-19,21,23H,1,14-16H2,2-8H3/t18-,19-,21+/m0/s1. The van der Waals surface area contributed by atoms with E-state index in [1.165, 1.54) is 0 Å². The van der Waals surface area contributed by atoms with Crippen LogP contribution >= 0.6 is 0 Å². The summed E-state index contributed by atoms with van der Waals surface area (Å²) in [5.41, 5.74) is 2.07. The van der Waals surface area contributed by atoms with Crippen LogP contribution in [0.5, 0.6) is 0 Å². The molecule has 0 saturated carbocycles. The lowest BCUT2D eigenvalue weighted by Gasteiger charge is -2.39. The topological polar surface area (TPSA) is 38.7 Å². The zero-order valence-electron chi connectivity index (χ0n) is 17.7. The highest BCUT2D eigenvalue weighted by Crippen LogP contribution is 2.37. The quantitative estimate of drug-likeness (QED) is 0.419. The zero-order chi connectivity index (χ0) is 20.0. The van der Waals surface area contributed by atoms with Gasteiger partial charge >= 0.3 is 0 Å². The van der Waals surface area contributed by atoms with Crippen molar-refractivity contribution in [2.45, 2.75) is 90.5 Å².